The van der Waals surface area contributed by atoms with Crippen LogP contribution in [0.15, 0.2) is 11.6 Å². The second kappa shape index (κ2) is 5.46. The van der Waals surface area contributed by atoms with Crippen molar-refractivity contribution in [1.29, 1.82) is 0 Å². The summed E-state index contributed by atoms with van der Waals surface area (Å²) in [6, 6.07) is 0.767. The van der Waals surface area contributed by atoms with Crippen LogP contribution in [0, 0.1) is 5.92 Å². The van der Waals surface area contributed by atoms with E-state index in [2.05, 4.69) is 20.6 Å². The van der Waals surface area contributed by atoms with Crippen molar-refractivity contribution in [2.45, 2.75) is 38.3 Å². The van der Waals surface area contributed by atoms with Gasteiger partial charge in [0.15, 0.2) is 0 Å². The molecule has 0 atom stereocenters. The second-order valence-electron chi connectivity index (χ2n) is 5.33. The van der Waals surface area contributed by atoms with Crippen LogP contribution in [0.2, 0.25) is 0 Å². The molecule has 0 spiro atoms. The fraction of sp³-hybridized carbons (Fsp3) is 0.769. The highest BCUT2D eigenvalue weighted by atomic mass is 32.1. The number of hydrogen-bond acceptors (Lipinski definition) is 4. The molecule has 2 fully saturated rings. The van der Waals surface area contributed by atoms with E-state index in [-0.39, 0.29) is 0 Å². The maximum absolute atomic E-state index is 4.36. The summed E-state index contributed by atoms with van der Waals surface area (Å²) in [7, 11) is 0. The van der Waals surface area contributed by atoms with Crippen molar-refractivity contribution >= 4 is 11.3 Å². The summed E-state index contributed by atoms with van der Waals surface area (Å²) in [6.07, 6.45) is 7.42. The summed E-state index contributed by atoms with van der Waals surface area (Å²) >= 11 is 1.77. The lowest BCUT2D eigenvalue weighted by Gasteiger charge is -2.31. The van der Waals surface area contributed by atoms with Crippen LogP contribution in [0.25, 0.3) is 0 Å². The van der Waals surface area contributed by atoms with Crippen LogP contribution < -0.4 is 5.32 Å². The molecular weight excluding hydrogens is 230 g/mol. The third-order valence-electron chi connectivity index (χ3n) is 3.82. The molecule has 2 heterocycles. The van der Waals surface area contributed by atoms with E-state index in [0.29, 0.717) is 0 Å². The number of hydrogen-bond donors (Lipinski definition) is 1. The highest BCUT2D eigenvalue weighted by Crippen LogP contribution is 2.28. The van der Waals surface area contributed by atoms with Crippen LogP contribution in [-0.4, -0.2) is 35.6 Å². The number of aromatic nitrogens is 1. The minimum atomic E-state index is 0.767. The van der Waals surface area contributed by atoms with E-state index in [0.717, 1.165) is 18.5 Å². The fourth-order valence-corrected chi connectivity index (χ4v) is 3.13. The number of thiazole rings is 1. The number of rotatable bonds is 5. The highest BCUT2D eigenvalue weighted by molar-refractivity contribution is 7.09. The van der Waals surface area contributed by atoms with Gasteiger partial charge >= 0.3 is 0 Å². The lowest BCUT2D eigenvalue weighted by Crippen LogP contribution is -2.42. The van der Waals surface area contributed by atoms with Crippen LogP contribution in [0.1, 0.15) is 30.7 Å². The first kappa shape index (κ1) is 11.6. The Bertz CT molecular complexity index is 326. The van der Waals surface area contributed by atoms with Crippen molar-refractivity contribution in [1.82, 2.24) is 15.2 Å². The van der Waals surface area contributed by atoms with Gasteiger partial charge in [-0.2, -0.15) is 0 Å². The Labute approximate surface area is 107 Å². The van der Waals surface area contributed by atoms with Crippen LogP contribution in [0.5, 0.6) is 0 Å². The molecule has 3 rings (SSSR count). The lowest BCUT2D eigenvalue weighted by atomic mass is 10.0. The van der Waals surface area contributed by atoms with Crippen molar-refractivity contribution in [3.8, 4) is 0 Å². The van der Waals surface area contributed by atoms with E-state index in [1.165, 1.54) is 50.3 Å². The van der Waals surface area contributed by atoms with Gasteiger partial charge in [0.05, 0.1) is 6.54 Å². The fourth-order valence-electron chi connectivity index (χ4n) is 2.47. The third-order valence-corrected chi connectivity index (χ3v) is 4.59. The van der Waals surface area contributed by atoms with Gasteiger partial charge in [-0.1, -0.05) is 0 Å². The molecule has 1 saturated heterocycles. The van der Waals surface area contributed by atoms with E-state index in [4.69, 9.17) is 0 Å². The number of nitrogens with zero attached hydrogens (tertiary/aromatic N) is 2. The van der Waals surface area contributed by atoms with Crippen LogP contribution >= 0.6 is 11.3 Å². The first-order valence-corrected chi connectivity index (χ1v) is 7.62. The molecule has 0 unspecified atom stereocenters. The first-order valence-electron chi connectivity index (χ1n) is 6.74. The van der Waals surface area contributed by atoms with Gasteiger partial charge in [-0.05, 0) is 38.1 Å². The summed E-state index contributed by atoms with van der Waals surface area (Å²) < 4.78 is 0. The van der Waals surface area contributed by atoms with Crippen LogP contribution in [0.3, 0.4) is 0 Å². The topological polar surface area (TPSA) is 28.2 Å². The number of piperidine rings is 1. The summed E-state index contributed by atoms with van der Waals surface area (Å²) in [5.74, 6) is 1.00. The molecule has 0 bridgehead atoms. The van der Waals surface area contributed by atoms with E-state index in [9.17, 15) is 0 Å². The van der Waals surface area contributed by atoms with Gasteiger partial charge in [0.1, 0.15) is 5.01 Å². The quantitative estimate of drug-likeness (QED) is 0.869. The molecule has 1 aromatic heterocycles. The molecule has 4 heteroatoms. The molecule has 0 amide bonds. The molecule has 1 aliphatic carbocycles. The Morgan fingerprint density at radius 3 is 2.76 bits per heavy atom. The Hall–Kier alpha value is -0.450. The van der Waals surface area contributed by atoms with Crippen LogP contribution in [0.4, 0.5) is 0 Å². The standard InChI is InChI=1S/C13H21N3S/c1-2-11(1)9-15-12-3-6-16(7-4-12)10-13-14-5-8-17-13/h5,8,11-12,15H,1-4,6-7,9-10H2. The van der Waals surface area contributed by atoms with Gasteiger partial charge in [0.2, 0.25) is 0 Å². The SMILES string of the molecule is c1csc(CN2CCC(NCC3CC3)CC2)n1. The lowest BCUT2D eigenvalue weighted by molar-refractivity contribution is 0.190. The minimum absolute atomic E-state index is 0.767. The zero-order valence-corrected chi connectivity index (χ0v) is 11.1. The molecule has 1 saturated carbocycles. The second-order valence-corrected chi connectivity index (χ2v) is 6.31. The average Bonchev–Trinajstić information content (AvgIpc) is 3.05. The molecule has 0 radical (unpaired) electrons. The Balaban J connectivity index is 1.37. The number of likely N-dealkylation sites (tertiary alicyclic amines) is 1. The molecule has 2 aliphatic rings. The first-order chi connectivity index (χ1) is 8.40. The minimum Gasteiger partial charge on any atom is -0.314 e. The summed E-state index contributed by atoms with van der Waals surface area (Å²) in [6.45, 7) is 4.76. The third kappa shape index (κ3) is 3.50. The molecular formula is C13H21N3S. The van der Waals surface area contributed by atoms with Crippen molar-refractivity contribution in [3.63, 3.8) is 0 Å². The zero-order valence-electron chi connectivity index (χ0n) is 10.3. The zero-order chi connectivity index (χ0) is 11.5. The Morgan fingerprint density at radius 2 is 2.12 bits per heavy atom. The predicted octanol–water partition coefficient (Wildman–Crippen LogP) is 2.11. The summed E-state index contributed by atoms with van der Waals surface area (Å²) in [5, 5.41) is 7.05. The predicted molar refractivity (Wildman–Crippen MR) is 71.1 cm³/mol. The molecule has 1 aliphatic heterocycles. The van der Waals surface area contributed by atoms with E-state index in [1.807, 2.05) is 6.20 Å². The molecule has 3 nitrogen and oxygen atoms in total. The van der Waals surface area contributed by atoms with Gasteiger partial charge in [0.25, 0.3) is 0 Å². The smallest absolute Gasteiger partial charge is 0.107 e. The van der Waals surface area contributed by atoms with Crippen molar-refractivity contribution in [3.05, 3.63) is 16.6 Å². The van der Waals surface area contributed by atoms with Gasteiger partial charge in [-0.3, -0.25) is 4.90 Å². The Kier molecular flexibility index (Phi) is 3.74. The van der Waals surface area contributed by atoms with E-state index < -0.39 is 0 Å². The van der Waals surface area contributed by atoms with E-state index >= 15 is 0 Å². The van der Waals surface area contributed by atoms with Gasteiger partial charge in [0, 0.05) is 30.7 Å². The molecule has 1 N–H and O–H groups in total. The van der Waals surface area contributed by atoms with Gasteiger partial charge < -0.3 is 5.32 Å². The summed E-state index contributed by atoms with van der Waals surface area (Å²) in [5.41, 5.74) is 0. The monoisotopic (exact) mass is 251 g/mol. The number of nitrogens with one attached hydrogen (secondary N) is 1. The van der Waals surface area contributed by atoms with Crippen molar-refractivity contribution in [2.24, 2.45) is 5.92 Å². The molecule has 94 valence electrons. The molecule has 0 aromatic carbocycles. The maximum atomic E-state index is 4.36. The van der Waals surface area contributed by atoms with Crippen molar-refractivity contribution in [2.75, 3.05) is 19.6 Å². The van der Waals surface area contributed by atoms with Crippen LogP contribution in [-0.2, 0) is 6.54 Å². The Morgan fingerprint density at radius 1 is 1.29 bits per heavy atom. The molecule has 1 aromatic rings. The van der Waals surface area contributed by atoms with Gasteiger partial charge in [-0.15, -0.1) is 11.3 Å². The maximum Gasteiger partial charge on any atom is 0.107 e. The summed E-state index contributed by atoms with van der Waals surface area (Å²) in [4.78, 5) is 6.89. The molecule has 17 heavy (non-hydrogen) atoms. The average molecular weight is 251 g/mol. The normalized spacial score (nSPS) is 23.1. The van der Waals surface area contributed by atoms with Crippen molar-refractivity contribution < 1.29 is 0 Å². The van der Waals surface area contributed by atoms with E-state index in [1.54, 1.807) is 11.3 Å². The largest absolute Gasteiger partial charge is 0.314 e. The van der Waals surface area contributed by atoms with Gasteiger partial charge in [-0.25, -0.2) is 4.98 Å². The highest BCUT2D eigenvalue weighted by Gasteiger charge is 2.24.